The lowest BCUT2D eigenvalue weighted by atomic mass is 10.0. The van der Waals surface area contributed by atoms with E-state index in [0.29, 0.717) is 8.64 Å². The van der Waals surface area contributed by atoms with Gasteiger partial charge in [-0.2, -0.15) is 0 Å². The van der Waals surface area contributed by atoms with Gasteiger partial charge in [0.25, 0.3) is 11.8 Å². The average Bonchev–Trinajstić information content (AvgIpc) is 1.63. The smallest absolute Gasteiger partial charge is 0.265 e. The lowest BCUT2D eigenvalue weighted by Gasteiger charge is -2.04. The van der Waals surface area contributed by atoms with E-state index in [-0.39, 0.29) is 11.8 Å². The Balaban J connectivity index is 1.11. The summed E-state index contributed by atoms with van der Waals surface area (Å²) in [6.45, 7) is 13.9. The van der Waals surface area contributed by atoms with Gasteiger partial charge in [-0.25, -0.2) is 0 Å². The molecule has 2 aliphatic rings. The first-order chi connectivity index (χ1) is 49.4. The normalized spacial score (nSPS) is 14.4. The summed E-state index contributed by atoms with van der Waals surface area (Å²) in [5, 5.41) is 0. The molecular weight excluding hydrogens is 1450 g/mol. The zero-order valence-corrected chi connectivity index (χ0v) is 71.7. The van der Waals surface area contributed by atoms with E-state index in [1.807, 2.05) is 45.3 Å². The lowest BCUT2D eigenvalue weighted by Crippen LogP contribution is -2.22. The van der Waals surface area contributed by atoms with Gasteiger partial charge in [0.2, 0.25) is 0 Å². The van der Waals surface area contributed by atoms with Crippen molar-refractivity contribution in [3.05, 3.63) is 101 Å². The molecule has 0 atom stereocenters. The number of thiophene rings is 7. The Labute approximate surface area is 658 Å². The highest BCUT2D eigenvalue weighted by atomic mass is 32.2. The van der Waals surface area contributed by atoms with Crippen molar-refractivity contribution in [2.45, 2.75) is 311 Å². The largest absolute Gasteiger partial charge is 0.296 e. The van der Waals surface area contributed by atoms with Crippen molar-refractivity contribution < 1.29 is 9.59 Å². The standard InChI is InChI=1S/C86H118N2O2S11/c1-9-15-21-27-33-39-45-61-53-67(59-75-83(89)87(7)85(91)100-75)93-79(61)71-57-65(49-43-37-31-25-19-13-5)81(98-71)73-55-63(47-41-35-29-23-17-11-3)77(96-73)69-51-52-70(95-69)78-64(48-42-36-30-24-18-12-4)56-74(97-78)82-66(50-44-38-32-26-20-14-6)58-72(99-82)80-62(46-40-34-28-22-16-10-2)54-68(94-80)60-76-84(90)88(8)86(92)101-76/h51-60H,9-50H2,1-8H3. The van der Waals surface area contributed by atoms with E-state index in [9.17, 15) is 9.59 Å². The minimum absolute atomic E-state index is 0.00888. The van der Waals surface area contributed by atoms with Crippen molar-refractivity contribution in [3.8, 4) is 58.5 Å². The number of likely N-dealkylation sites (N-methyl/N-ethyl adjacent to an activating group) is 2. The maximum atomic E-state index is 13.4. The van der Waals surface area contributed by atoms with Gasteiger partial charge in [-0.1, -0.05) is 282 Å². The Morgan fingerprint density at radius 1 is 0.287 bits per heavy atom. The Bertz CT molecular complexity index is 3530. The number of nitrogens with zero attached hydrogens (tertiary/aromatic N) is 2. The van der Waals surface area contributed by atoms with Crippen LogP contribution in [0.1, 0.15) is 316 Å². The van der Waals surface area contributed by atoms with Crippen molar-refractivity contribution in [2.75, 3.05) is 14.1 Å². The topological polar surface area (TPSA) is 40.6 Å². The Morgan fingerprint density at radius 2 is 0.505 bits per heavy atom. The summed E-state index contributed by atoms with van der Waals surface area (Å²) in [5.41, 5.74) is 8.95. The molecule has 2 aliphatic heterocycles. The Hall–Kier alpha value is -2.80. The third-order valence-corrected chi connectivity index (χ3v) is 32.3. The average molecular weight is 1560 g/mol. The van der Waals surface area contributed by atoms with Crippen LogP contribution in [0, 0.1) is 0 Å². The quantitative estimate of drug-likeness (QED) is 0.0215. The molecule has 2 amide bonds. The molecule has 0 spiro atoms. The molecule has 7 aromatic rings. The zero-order chi connectivity index (χ0) is 71.3. The maximum Gasteiger partial charge on any atom is 0.265 e. The van der Waals surface area contributed by atoms with E-state index in [0.717, 1.165) is 58.1 Å². The van der Waals surface area contributed by atoms with Crippen LogP contribution in [0.25, 0.3) is 70.7 Å². The van der Waals surface area contributed by atoms with Crippen LogP contribution >= 0.6 is 127 Å². The van der Waals surface area contributed by atoms with E-state index in [1.165, 1.54) is 347 Å². The van der Waals surface area contributed by atoms with Gasteiger partial charge < -0.3 is 0 Å². The third kappa shape index (κ3) is 24.4. The van der Waals surface area contributed by atoms with Crippen molar-refractivity contribution in [3.63, 3.8) is 0 Å². The van der Waals surface area contributed by atoms with Crippen LogP contribution in [0.4, 0.5) is 0 Å². The highest BCUT2D eigenvalue weighted by Crippen LogP contribution is 2.53. The van der Waals surface area contributed by atoms with Gasteiger partial charge in [0.1, 0.15) is 8.64 Å². The van der Waals surface area contributed by atoms with Crippen LogP contribution in [0.3, 0.4) is 0 Å². The fraction of sp³-hybridized carbons (Fsp3) is 0.581. The monoisotopic (exact) mass is 1560 g/mol. The second kappa shape index (κ2) is 44.5. The molecule has 15 heteroatoms. The highest BCUT2D eigenvalue weighted by Gasteiger charge is 2.32. The summed E-state index contributed by atoms with van der Waals surface area (Å²) < 4.78 is 1.27. The highest BCUT2D eigenvalue weighted by molar-refractivity contribution is 8.27. The molecular formula is C86H118N2O2S11. The molecule has 2 fully saturated rings. The third-order valence-electron chi connectivity index (χ3n) is 20.2. The molecule has 0 N–H and O–H groups in total. The summed E-state index contributed by atoms with van der Waals surface area (Å²) in [6.07, 6.45) is 56.9. The first-order valence-corrected chi connectivity index (χ1v) is 47.8. The number of unbranched alkanes of at least 4 members (excludes halogenated alkanes) is 30. The van der Waals surface area contributed by atoms with Crippen LogP contribution < -0.4 is 0 Å². The predicted molar refractivity (Wildman–Crippen MR) is 469 cm³/mol. The van der Waals surface area contributed by atoms with Crippen LogP contribution in [0.2, 0.25) is 0 Å². The molecule has 4 nitrogen and oxygen atoms in total. The summed E-state index contributed by atoms with van der Waals surface area (Å²) in [7, 11) is 3.61. The molecule has 101 heavy (non-hydrogen) atoms. The van der Waals surface area contributed by atoms with Gasteiger partial charge >= 0.3 is 0 Å². The van der Waals surface area contributed by atoms with Crippen molar-refractivity contribution in [1.29, 1.82) is 0 Å². The number of thioether (sulfide) groups is 2. The van der Waals surface area contributed by atoms with E-state index >= 15 is 0 Å². The first-order valence-electron chi connectivity index (χ1n) is 39.7. The van der Waals surface area contributed by atoms with E-state index in [2.05, 4.69) is 136 Å². The summed E-state index contributed by atoms with van der Waals surface area (Å²) in [5.74, 6) is 0.0178. The number of thiocarbonyl (C=S) groups is 2. The van der Waals surface area contributed by atoms with Crippen LogP contribution in [-0.2, 0) is 48.1 Å². The van der Waals surface area contributed by atoms with Gasteiger partial charge in [-0.3, -0.25) is 19.4 Å². The number of hydrogen-bond acceptors (Lipinski definition) is 13. The van der Waals surface area contributed by atoms with Crippen molar-refractivity contribution >= 4 is 160 Å². The summed E-state index contributed by atoms with van der Waals surface area (Å²) in [6, 6.07) is 20.3. The number of aryl methyl sites for hydroxylation is 6. The number of carbonyl (C=O) groups excluding carboxylic acids is 2. The molecule has 0 radical (unpaired) electrons. The van der Waals surface area contributed by atoms with Crippen LogP contribution in [0.5, 0.6) is 0 Å². The van der Waals surface area contributed by atoms with Crippen molar-refractivity contribution in [1.82, 2.24) is 9.80 Å². The molecule has 7 aromatic heterocycles. The lowest BCUT2D eigenvalue weighted by molar-refractivity contribution is -0.122. The first kappa shape index (κ1) is 82.3. The molecule has 0 aromatic carbocycles. The summed E-state index contributed by atoms with van der Waals surface area (Å²) >= 11 is 28.1. The van der Waals surface area contributed by atoms with E-state index in [1.54, 1.807) is 23.9 Å². The van der Waals surface area contributed by atoms with Gasteiger partial charge in [0, 0.05) is 82.4 Å². The second-order valence-corrected chi connectivity index (χ2v) is 39.4. The van der Waals surface area contributed by atoms with Gasteiger partial charge in [0.05, 0.1) is 9.81 Å². The molecule has 9 heterocycles. The van der Waals surface area contributed by atoms with Gasteiger partial charge in [-0.15, -0.1) is 79.4 Å². The molecule has 0 unspecified atom stereocenters. The second-order valence-electron chi connectivity index (χ2n) is 28.6. The molecule has 9 rings (SSSR count). The van der Waals surface area contributed by atoms with E-state index in [4.69, 9.17) is 24.4 Å². The molecule has 0 aliphatic carbocycles. The fourth-order valence-corrected chi connectivity index (χ4v) is 25.6. The number of amides is 2. The predicted octanol–water partition coefficient (Wildman–Crippen LogP) is 31.2. The molecule has 0 bridgehead atoms. The molecule has 0 saturated carbocycles. The Morgan fingerprint density at radius 3 is 0.743 bits per heavy atom. The minimum Gasteiger partial charge on any atom is -0.296 e. The minimum atomic E-state index is 0.00888. The zero-order valence-electron chi connectivity index (χ0n) is 62.7. The molecule has 550 valence electrons. The van der Waals surface area contributed by atoms with Crippen LogP contribution in [0.15, 0.2) is 58.3 Å². The number of hydrogen-bond donors (Lipinski definition) is 0. The summed E-state index contributed by atoms with van der Waals surface area (Å²) in [4.78, 5) is 51.0. The van der Waals surface area contributed by atoms with Gasteiger partial charge in [-0.05, 0) is 171 Å². The van der Waals surface area contributed by atoms with Gasteiger partial charge in [0.15, 0.2) is 0 Å². The SMILES string of the molecule is CCCCCCCCc1cc(C=C2SC(=S)N(C)C2=O)sc1-c1cc(CCCCCCCC)c(-c2cc(CCCCCCCC)c(-c3ccc(-c4sc(-c5sc(-c6sc(C=C7SC(=S)N(C)C7=O)cc6CCCCCCCC)cc5CCCCCCCC)cc4CCCCCCCC)s3)s2)s1. The van der Waals surface area contributed by atoms with Crippen molar-refractivity contribution in [2.24, 2.45) is 0 Å². The Kier molecular flexibility index (Phi) is 36.2. The molecule has 2 saturated heterocycles. The van der Waals surface area contributed by atoms with E-state index < -0.39 is 0 Å². The maximum absolute atomic E-state index is 13.4. The number of rotatable bonds is 50. The van der Waals surface area contributed by atoms with Crippen LogP contribution in [-0.4, -0.2) is 44.4 Å². The fourth-order valence-electron chi connectivity index (χ4n) is 14.1. The number of carbonyl (C=O) groups is 2.